The zero-order valence-corrected chi connectivity index (χ0v) is 49.8. The molecule has 0 aliphatic carbocycles. The zero-order chi connectivity index (χ0) is 58.6. The quantitative estimate of drug-likeness (QED) is 0.0585. The molecule has 0 bridgehead atoms. The van der Waals surface area contributed by atoms with Crippen LogP contribution >= 0.6 is 11.8 Å². The normalized spacial score (nSPS) is 36.8. The number of aliphatic hydroxyl groups is 3. The number of nitrogens with zero attached hydrogens (tertiary/aromatic N) is 4. The SMILES string of the molecule is CC[C@H]1OC(=O)[C@H](C)[C@@H](O[C@H]2C[C@@](C)(OC)[C@@H](OS(=O)(=O)CCNCCSc3cc4c(=O)c(C(=O)O)cn(N(C)C)c4cn3)[C@H](C)O2)[C@H](C)[C@@H](O[C@@H]2O[C@H](C)C[C@H](N(C)C)[C@H]2O)[C@](C)(OC)C[C@@H](C)C(=O)[C@H](C)[C@@H](O)[C@]1(C)O. The summed E-state index contributed by atoms with van der Waals surface area (Å²) in [6, 6.07) is 1.18. The first-order valence-corrected chi connectivity index (χ1v) is 29.3. The summed E-state index contributed by atoms with van der Waals surface area (Å²) in [7, 11) is 5.75. The van der Waals surface area contributed by atoms with Gasteiger partial charge in [-0.25, -0.2) is 9.78 Å². The second-order valence-corrected chi connectivity index (χ2v) is 25.3. The van der Waals surface area contributed by atoms with Gasteiger partial charge >= 0.3 is 11.9 Å². The summed E-state index contributed by atoms with van der Waals surface area (Å²) >= 11 is 1.30. The van der Waals surface area contributed by atoms with Gasteiger partial charge in [0.25, 0.3) is 10.1 Å². The van der Waals surface area contributed by atoms with Gasteiger partial charge in [-0.15, -0.1) is 11.8 Å². The lowest BCUT2D eigenvalue weighted by Crippen LogP contribution is -2.62. The molecule has 0 spiro atoms. The van der Waals surface area contributed by atoms with Crippen LogP contribution in [0.3, 0.4) is 0 Å². The van der Waals surface area contributed by atoms with Gasteiger partial charge in [0.2, 0.25) is 5.43 Å². The fraction of sp³-hybridized carbons (Fsp3) is 0.792. The topological polar surface area (TPSA) is 294 Å². The summed E-state index contributed by atoms with van der Waals surface area (Å²) in [6.45, 7) is 16.9. The number of ether oxygens (including phenoxy) is 7. The van der Waals surface area contributed by atoms with Crippen molar-refractivity contribution in [3.8, 4) is 0 Å². The highest BCUT2D eigenvalue weighted by Gasteiger charge is 2.55. The number of carboxylic acids is 1. The lowest BCUT2D eigenvalue weighted by molar-refractivity contribution is -0.317. The van der Waals surface area contributed by atoms with Crippen LogP contribution in [-0.2, 0) is 57.0 Å². The molecule has 0 radical (unpaired) electrons. The van der Waals surface area contributed by atoms with E-state index in [2.05, 4.69) is 10.3 Å². The molecule has 444 valence electrons. The smallest absolute Gasteiger partial charge is 0.341 e. The molecule has 5 rings (SSSR count). The standard InChI is InChI=1S/C53H87N5O18S2/c1-17-38-53(10,66)45(62)30(4)41(59)28(2)24-51(8,69-15)46(75-50-43(61)36(56(11)12)22-29(3)71-50)31(5)44(32(6)49(65)73-38)74-40-25-52(9,70-16)47(33(7)72-40)76-78(67,68)21-19-54-18-20-77-39-23-34-37(26-55-39)58(57(13)14)27-35(42(34)60)48(63)64/h23,26-33,36,38,40,43-47,50,54,61-62,66H,17-22,24-25H2,1-16H3,(H,63,64)/t28-,29-,30+,31+,32-,33+,36+,38-,40+,43-,44+,45-,46-,47+,50+,51-,52-,53-/m1/s1. The minimum atomic E-state index is -4.23. The minimum absolute atomic E-state index is 0.00895. The molecule has 2 aromatic heterocycles. The molecule has 3 aliphatic heterocycles. The van der Waals surface area contributed by atoms with Gasteiger partial charge in [-0.3, -0.25) is 23.2 Å². The molecule has 2 aromatic rings. The van der Waals surface area contributed by atoms with Gasteiger partial charge in [-0.1, -0.05) is 27.7 Å². The molecule has 25 heteroatoms. The van der Waals surface area contributed by atoms with Crippen molar-refractivity contribution in [1.82, 2.24) is 19.9 Å². The summed E-state index contributed by atoms with van der Waals surface area (Å²) in [5, 5.41) is 50.3. The zero-order valence-electron chi connectivity index (χ0n) is 48.2. The second kappa shape index (κ2) is 26.7. The number of aromatic nitrogens is 2. The predicted octanol–water partition coefficient (Wildman–Crippen LogP) is 2.78. The fourth-order valence-corrected chi connectivity index (χ4v) is 13.2. The predicted molar refractivity (Wildman–Crippen MR) is 290 cm³/mol. The van der Waals surface area contributed by atoms with E-state index in [1.165, 1.54) is 63.0 Å². The molecule has 0 saturated carbocycles. The molecule has 18 atom stereocenters. The third-order valence-electron chi connectivity index (χ3n) is 16.0. The number of methoxy groups -OCH3 is 2. The van der Waals surface area contributed by atoms with E-state index in [0.29, 0.717) is 29.3 Å². The van der Waals surface area contributed by atoms with Crippen LogP contribution in [0.15, 0.2) is 28.3 Å². The number of aromatic carboxylic acids is 1. The Morgan fingerprint density at radius 3 is 2.17 bits per heavy atom. The summed E-state index contributed by atoms with van der Waals surface area (Å²) in [4.78, 5) is 60.0. The highest BCUT2D eigenvalue weighted by molar-refractivity contribution is 7.99. The number of esters is 1. The van der Waals surface area contributed by atoms with Crippen molar-refractivity contribution in [2.24, 2.45) is 23.7 Å². The summed E-state index contributed by atoms with van der Waals surface area (Å²) < 4.78 is 79.7. The average molecular weight is 1150 g/mol. The first-order chi connectivity index (χ1) is 36.3. The van der Waals surface area contributed by atoms with E-state index in [-0.39, 0.29) is 54.7 Å². The maximum Gasteiger partial charge on any atom is 0.341 e. The molecule has 0 unspecified atom stereocenters. The number of fused-ring (bicyclic) bond motifs is 1. The number of hydrogen-bond acceptors (Lipinski definition) is 22. The van der Waals surface area contributed by atoms with E-state index in [1.807, 2.05) is 25.9 Å². The number of carboxylic acid groups (broad SMARTS) is 1. The van der Waals surface area contributed by atoms with Crippen molar-refractivity contribution < 1.29 is 80.6 Å². The summed E-state index contributed by atoms with van der Waals surface area (Å²) in [5.41, 5.74) is -5.36. The molecule has 0 amide bonds. The van der Waals surface area contributed by atoms with Crippen molar-refractivity contribution >= 4 is 50.5 Å². The number of nitrogens with one attached hydrogen (secondary N) is 1. The number of ketones is 1. The van der Waals surface area contributed by atoms with E-state index in [4.69, 9.17) is 37.3 Å². The van der Waals surface area contributed by atoms with Crippen LogP contribution in [0.2, 0.25) is 0 Å². The molecule has 3 fully saturated rings. The molecule has 0 aromatic carbocycles. The minimum Gasteiger partial charge on any atom is -0.477 e. The molecular weight excluding hydrogens is 1060 g/mol. The first-order valence-electron chi connectivity index (χ1n) is 26.7. The molecule has 5 heterocycles. The Labute approximate surface area is 463 Å². The first kappa shape index (κ1) is 65.4. The monoisotopic (exact) mass is 1150 g/mol. The Balaban J connectivity index is 1.37. The number of pyridine rings is 2. The number of Topliss-reactive ketones (excluding diaryl/α,β-unsaturated/α-hetero) is 1. The molecule has 3 aliphatic rings. The molecular formula is C53H87N5O18S2. The van der Waals surface area contributed by atoms with Gasteiger partial charge in [-0.2, -0.15) is 8.42 Å². The van der Waals surface area contributed by atoms with Crippen LogP contribution in [0.4, 0.5) is 0 Å². The highest BCUT2D eigenvalue weighted by Crippen LogP contribution is 2.42. The Bertz CT molecular complexity index is 2550. The van der Waals surface area contributed by atoms with Gasteiger partial charge in [0.15, 0.2) is 12.6 Å². The van der Waals surface area contributed by atoms with Crippen molar-refractivity contribution in [2.45, 2.75) is 184 Å². The summed E-state index contributed by atoms with van der Waals surface area (Å²) in [5.74, 6) is -6.40. The van der Waals surface area contributed by atoms with Gasteiger partial charge in [0.05, 0.1) is 75.5 Å². The van der Waals surface area contributed by atoms with Crippen molar-refractivity contribution in [3.05, 3.63) is 34.2 Å². The molecule has 3 saturated heterocycles. The van der Waals surface area contributed by atoms with Crippen LogP contribution in [0.25, 0.3) is 10.9 Å². The third kappa shape index (κ3) is 14.8. The van der Waals surface area contributed by atoms with Crippen molar-refractivity contribution in [1.29, 1.82) is 0 Å². The number of hydrogen-bond donors (Lipinski definition) is 5. The number of carbonyl (C=O) groups is 3. The Morgan fingerprint density at radius 2 is 1.58 bits per heavy atom. The lowest BCUT2D eigenvalue weighted by Gasteiger charge is -2.50. The van der Waals surface area contributed by atoms with Crippen molar-refractivity contribution in [3.63, 3.8) is 0 Å². The third-order valence-corrected chi connectivity index (χ3v) is 18.2. The molecule has 23 nitrogen and oxygen atoms in total. The van der Waals surface area contributed by atoms with Gasteiger partial charge in [0, 0.05) is 83.6 Å². The van der Waals surface area contributed by atoms with Crippen LogP contribution in [0.5, 0.6) is 0 Å². The largest absolute Gasteiger partial charge is 0.477 e. The van der Waals surface area contributed by atoms with Gasteiger partial charge in [-0.05, 0) is 81.0 Å². The van der Waals surface area contributed by atoms with E-state index < -0.39 is 129 Å². The number of thioether (sulfide) groups is 1. The van der Waals surface area contributed by atoms with Crippen LogP contribution < -0.4 is 15.8 Å². The number of cyclic esters (lactones) is 1. The van der Waals surface area contributed by atoms with Crippen molar-refractivity contribution in [2.75, 3.05) is 72.0 Å². The maximum atomic E-state index is 14.6. The average Bonchev–Trinajstić information content (AvgIpc) is 3.39. The molecule has 5 N–H and O–H groups in total. The maximum absolute atomic E-state index is 14.6. The molecule has 78 heavy (non-hydrogen) atoms. The Kier molecular flexibility index (Phi) is 22.4. The Morgan fingerprint density at radius 1 is 0.936 bits per heavy atom. The number of carbonyl (C=O) groups excluding carboxylic acids is 2. The van der Waals surface area contributed by atoms with E-state index >= 15 is 0 Å². The number of likely N-dealkylation sites (N-methyl/N-ethyl adjacent to an activating group) is 1. The number of rotatable bonds is 19. The lowest BCUT2D eigenvalue weighted by atomic mass is 9.74. The Hall–Kier alpha value is -3.41. The van der Waals surface area contributed by atoms with Gasteiger partial charge in [0.1, 0.15) is 35.3 Å². The van der Waals surface area contributed by atoms with Gasteiger partial charge < -0.3 is 68.8 Å². The highest BCUT2D eigenvalue weighted by atomic mass is 32.2. The van der Waals surface area contributed by atoms with Crippen LogP contribution in [-0.4, -0.2) is 212 Å². The van der Waals surface area contributed by atoms with E-state index in [1.54, 1.807) is 67.6 Å². The summed E-state index contributed by atoms with van der Waals surface area (Å²) in [6.07, 6.45) is -7.91. The fourth-order valence-electron chi connectivity index (χ4n) is 11.3. The van der Waals surface area contributed by atoms with Crippen LogP contribution in [0.1, 0.15) is 105 Å². The second-order valence-electron chi connectivity index (χ2n) is 22.5. The van der Waals surface area contributed by atoms with E-state index in [9.17, 15) is 48.0 Å². The van der Waals surface area contributed by atoms with E-state index in [0.717, 1.165) is 0 Å². The number of aliphatic hydroxyl groups excluding tert-OH is 2. The van der Waals surface area contributed by atoms with Crippen LogP contribution in [0, 0.1) is 23.7 Å².